The van der Waals surface area contributed by atoms with Gasteiger partial charge in [0.2, 0.25) is 0 Å². The molecule has 1 aliphatic rings. The van der Waals surface area contributed by atoms with Crippen LogP contribution in [0.25, 0.3) is 0 Å². The monoisotopic (exact) mass is 184 g/mol. The molecule has 0 amide bonds. The van der Waals surface area contributed by atoms with Crippen molar-refractivity contribution in [2.24, 2.45) is 0 Å². The second kappa shape index (κ2) is 4.97. The highest BCUT2D eigenvalue weighted by Gasteiger charge is 2.15. The lowest BCUT2D eigenvalue weighted by molar-refractivity contribution is 0.300. The zero-order chi connectivity index (χ0) is 9.73. The van der Waals surface area contributed by atoms with Crippen LogP contribution in [0.15, 0.2) is 0 Å². The molecule has 1 rings (SSSR count). The van der Waals surface area contributed by atoms with Gasteiger partial charge < -0.3 is 10.2 Å². The summed E-state index contributed by atoms with van der Waals surface area (Å²) in [4.78, 5) is 2.55. The first-order valence-electron chi connectivity index (χ1n) is 5.61. The first-order valence-corrected chi connectivity index (χ1v) is 5.61. The summed E-state index contributed by atoms with van der Waals surface area (Å²) in [6.45, 7) is 11.8. The zero-order valence-corrected chi connectivity index (χ0v) is 9.40. The van der Waals surface area contributed by atoms with Crippen molar-refractivity contribution in [2.75, 3.05) is 26.2 Å². The number of rotatable bonds is 5. The van der Waals surface area contributed by atoms with E-state index in [1.54, 1.807) is 0 Å². The van der Waals surface area contributed by atoms with Crippen LogP contribution in [0.4, 0.5) is 0 Å². The molecule has 78 valence electrons. The molecule has 1 fully saturated rings. The van der Waals surface area contributed by atoms with Crippen molar-refractivity contribution in [3.05, 3.63) is 0 Å². The van der Waals surface area contributed by atoms with Gasteiger partial charge in [-0.1, -0.05) is 6.92 Å². The predicted octanol–water partition coefficient (Wildman–Crippen LogP) is 1.86. The molecule has 1 N–H and O–H groups in total. The topological polar surface area (TPSA) is 15.3 Å². The highest BCUT2D eigenvalue weighted by atomic mass is 15.2. The summed E-state index contributed by atoms with van der Waals surface area (Å²) in [5, 5.41) is 3.59. The van der Waals surface area contributed by atoms with E-state index in [0.29, 0.717) is 5.54 Å². The Morgan fingerprint density at radius 3 is 2.38 bits per heavy atom. The molecule has 2 nitrogen and oxygen atoms in total. The number of nitrogens with zero attached hydrogens (tertiary/aromatic N) is 1. The SMILES string of the molecule is CCC(C)(C)NCCN1CCCC1. The fraction of sp³-hybridized carbons (Fsp3) is 1.00. The Labute approximate surface area is 82.7 Å². The summed E-state index contributed by atoms with van der Waals surface area (Å²) in [5.41, 5.74) is 0.319. The summed E-state index contributed by atoms with van der Waals surface area (Å²) in [5.74, 6) is 0. The average Bonchev–Trinajstić information content (AvgIpc) is 2.57. The van der Waals surface area contributed by atoms with E-state index in [1.165, 1.54) is 38.9 Å². The van der Waals surface area contributed by atoms with Crippen LogP contribution in [0, 0.1) is 0 Å². The third-order valence-corrected chi connectivity index (χ3v) is 3.11. The lowest BCUT2D eigenvalue weighted by atomic mass is 10.0. The van der Waals surface area contributed by atoms with Crippen LogP contribution in [-0.2, 0) is 0 Å². The summed E-state index contributed by atoms with van der Waals surface area (Å²) in [6.07, 6.45) is 4.00. The Bertz CT molecular complexity index is 137. The molecule has 0 aromatic rings. The first kappa shape index (κ1) is 11.0. The van der Waals surface area contributed by atoms with Crippen LogP contribution in [0.3, 0.4) is 0 Å². The van der Waals surface area contributed by atoms with E-state index in [-0.39, 0.29) is 0 Å². The lowest BCUT2D eigenvalue weighted by Crippen LogP contribution is -2.42. The van der Waals surface area contributed by atoms with Gasteiger partial charge in [0.05, 0.1) is 0 Å². The molecule has 0 spiro atoms. The summed E-state index contributed by atoms with van der Waals surface area (Å²) in [7, 11) is 0. The second-order valence-electron chi connectivity index (χ2n) is 4.71. The Balaban J connectivity index is 2.06. The normalized spacial score (nSPS) is 19.6. The average molecular weight is 184 g/mol. The van der Waals surface area contributed by atoms with E-state index >= 15 is 0 Å². The largest absolute Gasteiger partial charge is 0.311 e. The maximum absolute atomic E-state index is 3.59. The van der Waals surface area contributed by atoms with Gasteiger partial charge in [-0.05, 0) is 46.2 Å². The minimum Gasteiger partial charge on any atom is -0.311 e. The van der Waals surface area contributed by atoms with E-state index < -0.39 is 0 Å². The maximum atomic E-state index is 3.59. The summed E-state index contributed by atoms with van der Waals surface area (Å²) >= 11 is 0. The Hall–Kier alpha value is -0.0800. The van der Waals surface area contributed by atoms with Gasteiger partial charge >= 0.3 is 0 Å². The van der Waals surface area contributed by atoms with Gasteiger partial charge in [0.25, 0.3) is 0 Å². The molecule has 1 heterocycles. The van der Waals surface area contributed by atoms with E-state index in [4.69, 9.17) is 0 Å². The maximum Gasteiger partial charge on any atom is 0.0123 e. The lowest BCUT2D eigenvalue weighted by Gasteiger charge is -2.26. The van der Waals surface area contributed by atoms with E-state index in [1.807, 2.05) is 0 Å². The van der Waals surface area contributed by atoms with Crippen LogP contribution in [0.1, 0.15) is 40.0 Å². The molecule has 0 saturated carbocycles. The van der Waals surface area contributed by atoms with Crippen molar-refractivity contribution < 1.29 is 0 Å². The molecule has 2 heteroatoms. The van der Waals surface area contributed by atoms with Gasteiger partial charge in [-0.2, -0.15) is 0 Å². The molecule has 1 aliphatic heterocycles. The molecule has 0 atom stereocenters. The van der Waals surface area contributed by atoms with E-state index in [9.17, 15) is 0 Å². The summed E-state index contributed by atoms with van der Waals surface area (Å²) in [6, 6.07) is 0. The van der Waals surface area contributed by atoms with Crippen LogP contribution >= 0.6 is 0 Å². The van der Waals surface area contributed by atoms with Gasteiger partial charge in [-0.15, -0.1) is 0 Å². The quantitative estimate of drug-likeness (QED) is 0.701. The minimum atomic E-state index is 0.319. The van der Waals surface area contributed by atoms with Crippen LogP contribution < -0.4 is 5.32 Å². The first-order chi connectivity index (χ1) is 6.14. The van der Waals surface area contributed by atoms with Crippen molar-refractivity contribution in [1.29, 1.82) is 0 Å². The van der Waals surface area contributed by atoms with E-state index in [0.717, 1.165) is 6.54 Å². The minimum absolute atomic E-state index is 0.319. The Morgan fingerprint density at radius 1 is 1.23 bits per heavy atom. The highest BCUT2D eigenvalue weighted by molar-refractivity contribution is 4.76. The van der Waals surface area contributed by atoms with Crippen molar-refractivity contribution in [2.45, 2.75) is 45.6 Å². The smallest absolute Gasteiger partial charge is 0.0123 e. The van der Waals surface area contributed by atoms with E-state index in [2.05, 4.69) is 31.0 Å². The van der Waals surface area contributed by atoms with Gasteiger partial charge in [0.1, 0.15) is 0 Å². The molecular weight excluding hydrogens is 160 g/mol. The fourth-order valence-corrected chi connectivity index (χ4v) is 1.68. The van der Waals surface area contributed by atoms with Crippen LogP contribution in [0.5, 0.6) is 0 Å². The molecule has 0 radical (unpaired) electrons. The molecule has 0 aromatic heterocycles. The molecule has 1 saturated heterocycles. The van der Waals surface area contributed by atoms with Crippen LogP contribution in [0.2, 0.25) is 0 Å². The highest BCUT2D eigenvalue weighted by Crippen LogP contribution is 2.08. The Kier molecular flexibility index (Phi) is 4.20. The van der Waals surface area contributed by atoms with Crippen molar-refractivity contribution in [1.82, 2.24) is 10.2 Å². The predicted molar refractivity (Wildman–Crippen MR) is 58.0 cm³/mol. The molecule has 0 aliphatic carbocycles. The molecule has 0 bridgehead atoms. The fourth-order valence-electron chi connectivity index (χ4n) is 1.68. The third kappa shape index (κ3) is 4.10. The van der Waals surface area contributed by atoms with Gasteiger partial charge in [0, 0.05) is 18.6 Å². The van der Waals surface area contributed by atoms with Crippen molar-refractivity contribution in [3.8, 4) is 0 Å². The van der Waals surface area contributed by atoms with Crippen LogP contribution in [-0.4, -0.2) is 36.6 Å². The van der Waals surface area contributed by atoms with Crippen molar-refractivity contribution >= 4 is 0 Å². The molecular formula is C11H24N2. The molecule has 0 unspecified atom stereocenters. The standard InChI is InChI=1S/C11H24N2/c1-4-11(2,3)12-7-10-13-8-5-6-9-13/h12H,4-10H2,1-3H3. The number of hydrogen-bond acceptors (Lipinski definition) is 2. The number of nitrogens with one attached hydrogen (secondary N) is 1. The zero-order valence-electron chi connectivity index (χ0n) is 9.40. The second-order valence-corrected chi connectivity index (χ2v) is 4.71. The van der Waals surface area contributed by atoms with Gasteiger partial charge in [-0.25, -0.2) is 0 Å². The summed E-state index contributed by atoms with van der Waals surface area (Å²) < 4.78 is 0. The Morgan fingerprint density at radius 2 is 1.85 bits per heavy atom. The number of likely N-dealkylation sites (tertiary alicyclic amines) is 1. The van der Waals surface area contributed by atoms with Crippen molar-refractivity contribution in [3.63, 3.8) is 0 Å². The third-order valence-electron chi connectivity index (χ3n) is 3.11. The molecule has 13 heavy (non-hydrogen) atoms. The number of hydrogen-bond donors (Lipinski definition) is 1. The van der Waals surface area contributed by atoms with Gasteiger partial charge in [-0.3, -0.25) is 0 Å². The molecule has 0 aromatic carbocycles. The van der Waals surface area contributed by atoms with Gasteiger partial charge in [0.15, 0.2) is 0 Å².